The molecule has 1 amide bonds. The van der Waals surface area contributed by atoms with Gasteiger partial charge >= 0.3 is 0 Å². The highest BCUT2D eigenvalue weighted by Crippen LogP contribution is 2.26. The summed E-state index contributed by atoms with van der Waals surface area (Å²) in [7, 11) is 0. The summed E-state index contributed by atoms with van der Waals surface area (Å²) in [6, 6.07) is 12.1. The fraction of sp³-hybridized carbons (Fsp3) is 0.300. The van der Waals surface area contributed by atoms with Gasteiger partial charge in [0.25, 0.3) is 0 Å². The zero-order chi connectivity index (χ0) is 17.8. The van der Waals surface area contributed by atoms with Crippen molar-refractivity contribution in [3.05, 3.63) is 64.4 Å². The van der Waals surface area contributed by atoms with E-state index in [1.165, 1.54) is 11.1 Å². The number of rotatable bonds is 6. The normalized spacial score (nSPS) is 10.8. The van der Waals surface area contributed by atoms with Gasteiger partial charge in [0, 0.05) is 13.1 Å². The SMILES string of the molecule is CCN(Cc1ccccc1C)C(=O)Cc1nc(-c2cccs2)oc1C. The van der Waals surface area contributed by atoms with Crippen LogP contribution in [0, 0.1) is 13.8 Å². The van der Waals surface area contributed by atoms with Gasteiger partial charge in [-0.1, -0.05) is 30.3 Å². The summed E-state index contributed by atoms with van der Waals surface area (Å²) >= 11 is 1.58. The van der Waals surface area contributed by atoms with E-state index < -0.39 is 0 Å². The van der Waals surface area contributed by atoms with Crippen molar-refractivity contribution in [2.75, 3.05) is 6.54 Å². The van der Waals surface area contributed by atoms with Gasteiger partial charge in [0.2, 0.25) is 11.8 Å². The van der Waals surface area contributed by atoms with Crippen LogP contribution in [0.2, 0.25) is 0 Å². The molecule has 0 N–H and O–H groups in total. The highest BCUT2D eigenvalue weighted by atomic mass is 32.1. The maximum atomic E-state index is 12.8. The van der Waals surface area contributed by atoms with E-state index in [1.807, 2.05) is 48.4 Å². The Morgan fingerprint density at radius 3 is 2.68 bits per heavy atom. The quantitative estimate of drug-likeness (QED) is 0.649. The van der Waals surface area contributed by atoms with E-state index in [-0.39, 0.29) is 12.3 Å². The number of thiophene rings is 1. The molecule has 25 heavy (non-hydrogen) atoms. The molecule has 0 aliphatic heterocycles. The number of benzene rings is 1. The average Bonchev–Trinajstić information content (AvgIpc) is 3.24. The second-order valence-electron chi connectivity index (χ2n) is 6.01. The lowest BCUT2D eigenvalue weighted by molar-refractivity contribution is -0.130. The Morgan fingerprint density at radius 1 is 1.20 bits per heavy atom. The van der Waals surface area contributed by atoms with Crippen LogP contribution in [0.25, 0.3) is 10.8 Å². The van der Waals surface area contributed by atoms with E-state index in [0.29, 0.717) is 24.7 Å². The van der Waals surface area contributed by atoms with Gasteiger partial charge in [-0.25, -0.2) is 4.98 Å². The Bertz CT molecular complexity index is 852. The predicted octanol–water partition coefficient (Wildman–Crippen LogP) is 4.61. The molecule has 0 spiro atoms. The van der Waals surface area contributed by atoms with Crippen molar-refractivity contribution in [1.82, 2.24) is 9.88 Å². The molecule has 3 rings (SSSR count). The van der Waals surface area contributed by atoms with E-state index in [4.69, 9.17) is 4.42 Å². The van der Waals surface area contributed by atoms with Gasteiger partial charge in [0.15, 0.2) is 0 Å². The van der Waals surface area contributed by atoms with Crippen molar-refractivity contribution in [3.63, 3.8) is 0 Å². The Labute approximate surface area is 152 Å². The molecule has 0 unspecified atom stereocenters. The molecule has 0 atom stereocenters. The molecule has 1 aromatic carbocycles. The minimum atomic E-state index is 0.0693. The number of aryl methyl sites for hydroxylation is 2. The van der Waals surface area contributed by atoms with Crippen LogP contribution < -0.4 is 0 Å². The molecular weight excluding hydrogens is 332 g/mol. The Morgan fingerprint density at radius 2 is 2.00 bits per heavy atom. The standard InChI is InChI=1S/C20H22N2O2S/c1-4-22(13-16-9-6-5-8-14(16)2)19(23)12-17-15(3)24-20(21-17)18-10-7-11-25-18/h5-11H,4,12-13H2,1-3H3. The van der Waals surface area contributed by atoms with Crippen LogP contribution in [0.15, 0.2) is 46.2 Å². The summed E-state index contributed by atoms with van der Waals surface area (Å²) in [5, 5.41) is 1.99. The summed E-state index contributed by atoms with van der Waals surface area (Å²) in [5.41, 5.74) is 3.09. The number of likely N-dealkylation sites (N-methyl/N-ethyl adjacent to an activating group) is 1. The van der Waals surface area contributed by atoms with Gasteiger partial charge in [-0.2, -0.15) is 0 Å². The molecule has 5 heteroatoms. The molecule has 130 valence electrons. The fourth-order valence-electron chi connectivity index (χ4n) is 2.72. The van der Waals surface area contributed by atoms with Crippen LogP contribution >= 0.6 is 11.3 Å². The minimum absolute atomic E-state index is 0.0693. The van der Waals surface area contributed by atoms with Crippen molar-refractivity contribution < 1.29 is 9.21 Å². The first kappa shape index (κ1) is 17.4. The highest BCUT2D eigenvalue weighted by molar-refractivity contribution is 7.13. The maximum absolute atomic E-state index is 12.8. The zero-order valence-electron chi connectivity index (χ0n) is 14.8. The molecular formula is C20H22N2O2S. The van der Waals surface area contributed by atoms with Gasteiger partial charge in [0.1, 0.15) is 5.76 Å². The molecule has 3 aromatic rings. The zero-order valence-corrected chi connectivity index (χ0v) is 15.6. The fourth-order valence-corrected chi connectivity index (χ4v) is 3.37. The van der Waals surface area contributed by atoms with E-state index in [0.717, 1.165) is 10.6 Å². The predicted molar refractivity (Wildman–Crippen MR) is 101 cm³/mol. The van der Waals surface area contributed by atoms with Gasteiger partial charge in [-0.05, 0) is 43.3 Å². The molecule has 0 fully saturated rings. The number of nitrogens with zero attached hydrogens (tertiary/aromatic N) is 2. The van der Waals surface area contributed by atoms with Crippen LogP contribution in [0.4, 0.5) is 0 Å². The van der Waals surface area contributed by atoms with Crippen LogP contribution in [0.3, 0.4) is 0 Å². The second-order valence-corrected chi connectivity index (χ2v) is 6.96. The van der Waals surface area contributed by atoms with Crippen LogP contribution in [0.1, 0.15) is 29.5 Å². The van der Waals surface area contributed by atoms with E-state index in [2.05, 4.69) is 24.0 Å². The van der Waals surface area contributed by atoms with Crippen LogP contribution in [0.5, 0.6) is 0 Å². The van der Waals surface area contributed by atoms with Crippen molar-refractivity contribution in [2.45, 2.75) is 33.7 Å². The van der Waals surface area contributed by atoms with Gasteiger partial charge in [0.05, 0.1) is 17.0 Å². The molecule has 0 saturated heterocycles. The third-order valence-corrected chi connectivity index (χ3v) is 5.16. The number of oxazole rings is 1. The third-order valence-electron chi connectivity index (χ3n) is 4.30. The van der Waals surface area contributed by atoms with Crippen LogP contribution in [-0.2, 0) is 17.8 Å². The Balaban J connectivity index is 1.73. The van der Waals surface area contributed by atoms with Crippen molar-refractivity contribution >= 4 is 17.2 Å². The van der Waals surface area contributed by atoms with Crippen molar-refractivity contribution in [1.29, 1.82) is 0 Å². The molecule has 0 saturated carbocycles. The third kappa shape index (κ3) is 3.99. The molecule has 0 aliphatic carbocycles. The number of hydrogen-bond acceptors (Lipinski definition) is 4. The van der Waals surface area contributed by atoms with Crippen molar-refractivity contribution in [3.8, 4) is 10.8 Å². The summed E-state index contributed by atoms with van der Waals surface area (Å²) in [6.07, 6.45) is 0.264. The van der Waals surface area contributed by atoms with Crippen molar-refractivity contribution in [2.24, 2.45) is 0 Å². The lowest BCUT2D eigenvalue weighted by Gasteiger charge is -2.21. The molecule has 0 aliphatic rings. The molecule has 2 heterocycles. The monoisotopic (exact) mass is 354 g/mol. The smallest absolute Gasteiger partial charge is 0.236 e. The maximum Gasteiger partial charge on any atom is 0.236 e. The number of aromatic nitrogens is 1. The average molecular weight is 354 g/mol. The largest absolute Gasteiger partial charge is 0.440 e. The first-order chi connectivity index (χ1) is 12.1. The second kappa shape index (κ2) is 7.66. The first-order valence-electron chi connectivity index (χ1n) is 8.41. The number of hydrogen-bond donors (Lipinski definition) is 0. The summed E-state index contributed by atoms with van der Waals surface area (Å²) in [4.78, 5) is 20.1. The number of amides is 1. The Kier molecular flexibility index (Phi) is 5.34. The van der Waals surface area contributed by atoms with Gasteiger partial charge in [-0.15, -0.1) is 11.3 Å². The van der Waals surface area contributed by atoms with Gasteiger partial charge < -0.3 is 9.32 Å². The summed E-state index contributed by atoms with van der Waals surface area (Å²) in [5.74, 6) is 1.38. The van der Waals surface area contributed by atoms with E-state index in [1.54, 1.807) is 11.3 Å². The molecule has 4 nitrogen and oxygen atoms in total. The summed E-state index contributed by atoms with van der Waals surface area (Å²) in [6.45, 7) is 7.23. The molecule has 0 bridgehead atoms. The lowest BCUT2D eigenvalue weighted by atomic mass is 10.1. The van der Waals surface area contributed by atoms with Gasteiger partial charge in [-0.3, -0.25) is 4.79 Å². The number of carbonyl (C=O) groups is 1. The Hall–Kier alpha value is -2.40. The lowest BCUT2D eigenvalue weighted by Crippen LogP contribution is -2.32. The summed E-state index contributed by atoms with van der Waals surface area (Å²) < 4.78 is 5.74. The van der Waals surface area contributed by atoms with E-state index in [9.17, 15) is 4.79 Å². The highest BCUT2D eigenvalue weighted by Gasteiger charge is 2.19. The number of carbonyl (C=O) groups excluding carboxylic acids is 1. The molecule has 0 radical (unpaired) electrons. The minimum Gasteiger partial charge on any atom is -0.440 e. The first-order valence-corrected chi connectivity index (χ1v) is 9.29. The van der Waals surface area contributed by atoms with Crippen LogP contribution in [-0.4, -0.2) is 22.3 Å². The topological polar surface area (TPSA) is 46.3 Å². The molecule has 2 aromatic heterocycles. The van der Waals surface area contributed by atoms with E-state index >= 15 is 0 Å².